The van der Waals surface area contributed by atoms with Crippen molar-refractivity contribution in [2.24, 2.45) is 0 Å². The van der Waals surface area contributed by atoms with Gasteiger partial charge in [-0.15, -0.1) is 0 Å². The van der Waals surface area contributed by atoms with Crippen LogP contribution >= 0.6 is 0 Å². The van der Waals surface area contributed by atoms with Gasteiger partial charge in [-0.05, 0) is 18.9 Å². The van der Waals surface area contributed by atoms with Crippen LogP contribution in [0.3, 0.4) is 0 Å². The van der Waals surface area contributed by atoms with Gasteiger partial charge in [0.25, 0.3) is 0 Å². The Morgan fingerprint density at radius 1 is 1.38 bits per heavy atom. The minimum absolute atomic E-state index is 0.0979. The highest BCUT2D eigenvalue weighted by Crippen LogP contribution is 2.05. The van der Waals surface area contributed by atoms with Crippen molar-refractivity contribution in [1.82, 2.24) is 5.32 Å². The van der Waals surface area contributed by atoms with E-state index in [2.05, 4.69) is 5.32 Å². The van der Waals surface area contributed by atoms with Crippen molar-refractivity contribution in [3.63, 3.8) is 0 Å². The van der Waals surface area contributed by atoms with E-state index in [1.165, 1.54) is 5.56 Å². The molecule has 0 aliphatic carbocycles. The lowest BCUT2D eigenvalue weighted by molar-refractivity contribution is 0.107. The maximum absolute atomic E-state index is 11.3. The van der Waals surface area contributed by atoms with Gasteiger partial charge in [0.15, 0.2) is 0 Å². The Labute approximate surface area is 96.8 Å². The van der Waals surface area contributed by atoms with E-state index in [0.717, 1.165) is 12.8 Å². The molecule has 0 fully saturated rings. The van der Waals surface area contributed by atoms with Gasteiger partial charge >= 0.3 is 6.09 Å². The molecular formula is C13H19NO2. The Kier molecular flexibility index (Phi) is 5.40. The van der Waals surface area contributed by atoms with E-state index in [9.17, 15) is 4.79 Å². The Bertz CT molecular complexity index is 311. The fraction of sp³-hybridized carbons (Fsp3) is 0.462. The lowest BCUT2D eigenvalue weighted by atomic mass is 10.1. The van der Waals surface area contributed by atoms with Crippen LogP contribution < -0.4 is 5.32 Å². The van der Waals surface area contributed by atoms with E-state index in [-0.39, 0.29) is 12.2 Å². The van der Waals surface area contributed by atoms with E-state index in [1.54, 1.807) is 0 Å². The highest BCUT2D eigenvalue weighted by Gasteiger charge is 2.08. The summed E-state index contributed by atoms with van der Waals surface area (Å²) < 4.78 is 5.21. The zero-order valence-corrected chi connectivity index (χ0v) is 9.90. The zero-order chi connectivity index (χ0) is 11.8. The Hall–Kier alpha value is -1.51. The van der Waals surface area contributed by atoms with Gasteiger partial charge in [-0.1, -0.05) is 37.3 Å². The average molecular weight is 221 g/mol. The molecule has 1 rings (SSSR count). The maximum Gasteiger partial charge on any atom is 0.407 e. The fourth-order valence-electron chi connectivity index (χ4n) is 1.44. The minimum atomic E-state index is -0.328. The molecule has 1 unspecified atom stereocenters. The number of carbonyl (C=O) groups excluding carboxylic acids is 1. The smallest absolute Gasteiger partial charge is 0.407 e. The summed E-state index contributed by atoms with van der Waals surface area (Å²) in [5, 5.41) is 2.69. The molecule has 88 valence electrons. The summed E-state index contributed by atoms with van der Waals surface area (Å²) in [6, 6.07) is 10.0. The minimum Gasteiger partial charge on any atom is -0.446 e. The summed E-state index contributed by atoms with van der Waals surface area (Å²) in [5.41, 5.74) is 1.18. The second-order valence-electron chi connectivity index (χ2n) is 3.83. The fourth-order valence-corrected chi connectivity index (χ4v) is 1.44. The molecular weight excluding hydrogens is 202 g/mol. The van der Waals surface area contributed by atoms with Crippen LogP contribution in [0.25, 0.3) is 0 Å². The number of ether oxygens (including phenoxy) is 1. The number of carbonyl (C=O) groups is 1. The third kappa shape index (κ3) is 4.82. The summed E-state index contributed by atoms with van der Waals surface area (Å²) in [7, 11) is 0. The van der Waals surface area contributed by atoms with Crippen LogP contribution in [0.15, 0.2) is 30.3 Å². The first-order valence-electron chi connectivity index (χ1n) is 5.70. The molecule has 0 spiro atoms. The van der Waals surface area contributed by atoms with E-state index < -0.39 is 0 Å². The molecule has 1 aromatic rings. The van der Waals surface area contributed by atoms with Crippen molar-refractivity contribution in [3.8, 4) is 0 Å². The van der Waals surface area contributed by atoms with E-state index in [0.29, 0.717) is 6.54 Å². The van der Waals surface area contributed by atoms with E-state index in [1.807, 2.05) is 44.2 Å². The van der Waals surface area contributed by atoms with Crippen LogP contribution in [0.1, 0.15) is 25.8 Å². The topological polar surface area (TPSA) is 38.3 Å². The first-order chi connectivity index (χ1) is 7.72. The van der Waals surface area contributed by atoms with Gasteiger partial charge in [-0.2, -0.15) is 0 Å². The quantitative estimate of drug-likeness (QED) is 0.830. The number of rotatable bonds is 5. The van der Waals surface area contributed by atoms with E-state index >= 15 is 0 Å². The van der Waals surface area contributed by atoms with Gasteiger partial charge in [-0.3, -0.25) is 0 Å². The van der Waals surface area contributed by atoms with E-state index in [4.69, 9.17) is 4.74 Å². The van der Waals surface area contributed by atoms with Crippen molar-refractivity contribution < 1.29 is 9.53 Å². The lowest BCUT2D eigenvalue weighted by Gasteiger charge is -2.13. The van der Waals surface area contributed by atoms with Crippen LogP contribution in [0.5, 0.6) is 0 Å². The van der Waals surface area contributed by atoms with Gasteiger partial charge in [0.05, 0.1) is 0 Å². The number of hydrogen-bond acceptors (Lipinski definition) is 2. The first kappa shape index (κ1) is 12.6. The van der Waals surface area contributed by atoms with Crippen molar-refractivity contribution in [2.75, 3.05) is 6.54 Å². The van der Waals surface area contributed by atoms with Crippen molar-refractivity contribution >= 4 is 6.09 Å². The summed E-state index contributed by atoms with van der Waals surface area (Å²) in [6.45, 7) is 4.57. The molecule has 0 saturated heterocycles. The van der Waals surface area contributed by atoms with Crippen LogP contribution in [0.4, 0.5) is 4.79 Å². The van der Waals surface area contributed by atoms with Crippen molar-refractivity contribution in [3.05, 3.63) is 35.9 Å². The molecule has 0 aromatic heterocycles. The Balaban J connectivity index is 2.30. The van der Waals surface area contributed by atoms with Gasteiger partial charge in [0.1, 0.15) is 6.10 Å². The number of hydrogen-bond donors (Lipinski definition) is 1. The van der Waals surface area contributed by atoms with Crippen LogP contribution in [0.2, 0.25) is 0 Å². The predicted octanol–water partition coefficient (Wildman–Crippen LogP) is 2.75. The van der Waals surface area contributed by atoms with Crippen LogP contribution in [-0.4, -0.2) is 18.7 Å². The largest absolute Gasteiger partial charge is 0.446 e. The van der Waals surface area contributed by atoms with Gasteiger partial charge in [-0.25, -0.2) is 4.79 Å². The molecule has 1 aromatic carbocycles. The normalized spacial score (nSPS) is 11.9. The molecule has 0 heterocycles. The summed E-state index contributed by atoms with van der Waals surface area (Å²) >= 11 is 0. The molecule has 3 nitrogen and oxygen atoms in total. The molecule has 1 amide bonds. The van der Waals surface area contributed by atoms with Gasteiger partial charge in [0.2, 0.25) is 0 Å². The summed E-state index contributed by atoms with van der Waals surface area (Å²) in [4.78, 5) is 11.3. The third-order valence-corrected chi connectivity index (χ3v) is 2.19. The molecule has 0 aliphatic rings. The lowest BCUT2D eigenvalue weighted by Crippen LogP contribution is -2.29. The molecule has 3 heteroatoms. The maximum atomic E-state index is 11.3. The molecule has 0 saturated carbocycles. The SMILES string of the molecule is CCCNC(=O)OC(C)Cc1ccccc1. The molecule has 0 radical (unpaired) electrons. The Morgan fingerprint density at radius 3 is 2.69 bits per heavy atom. The third-order valence-electron chi connectivity index (χ3n) is 2.19. The molecule has 1 N–H and O–H groups in total. The molecule has 0 bridgehead atoms. The number of alkyl carbamates (subject to hydrolysis) is 1. The summed E-state index contributed by atoms with van der Waals surface area (Å²) in [6.07, 6.45) is 1.24. The second kappa shape index (κ2) is 6.88. The molecule has 1 atom stereocenters. The van der Waals surface area contributed by atoms with Crippen LogP contribution in [-0.2, 0) is 11.2 Å². The van der Waals surface area contributed by atoms with Gasteiger partial charge < -0.3 is 10.1 Å². The summed E-state index contributed by atoms with van der Waals surface area (Å²) in [5.74, 6) is 0. The molecule has 0 aliphatic heterocycles. The van der Waals surface area contributed by atoms with Crippen molar-refractivity contribution in [1.29, 1.82) is 0 Å². The first-order valence-corrected chi connectivity index (χ1v) is 5.70. The number of nitrogens with one attached hydrogen (secondary N) is 1. The Morgan fingerprint density at radius 2 is 2.06 bits per heavy atom. The monoisotopic (exact) mass is 221 g/mol. The molecule has 16 heavy (non-hydrogen) atoms. The second-order valence-corrected chi connectivity index (χ2v) is 3.83. The van der Waals surface area contributed by atoms with Crippen molar-refractivity contribution in [2.45, 2.75) is 32.8 Å². The van der Waals surface area contributed by atoms with Crippen LogP contribution in [0, 0.1) is 0 Å². The predicted molar refractivity (Wildman–Crippen MR) is 64.4 cm³/mol. The highest BCUT2D eigenvalue weighted by atomic mass is 16.6. The van der Waals surface area contributed by atoms with Gasteiger partial charge in [0, 0.05) is 13.0 Å². The zero-order valence-electron chi connectivity index (χ0n) is 9.90. The number of benzene rings is 1. The average Bonchev–Trinajstić information content (AvgIpc) is 2.27. The standard InChI is InChI=1S/C13H19NO2/c1-3-9-14-13(15)16-11(2)10-12-7-5-4-6-8-12/h4-8,11H,3,9-10H2,1-2H3,(H,14,15). The highest BCUT2D eigenvalue weighted by molar-refractivity contribution is 5.67. The number of amides is 1.